The number of carbonyl (C=O) groups is 2. The van der Waals surface area contributed by atoms with E-state index in [0.29, 0.717) is 17.4 Å². The van der Waals surface area contributed by atoms with Gasteiger partial charge in [-0.05, 0) is 66.7 Å². The molecule has 0 atom stereocenters. The number of hydrogen-bond acceptors (Lipinski definition) is 5. The van der Waals surface area contributed by atoms with E-state index in [2.05, 4.69) is 87.1 Å². The van der Waals surface area contributed by atoms with Crippen LogP contribution in [0.3, 0.4) is 0 Å². The van der Waals surface area contributed by atoms with Gasteiger partial charge in [0.15, 0.2) is 5.82 Å². The van der Waals surface area contributed by atoms with Gasteiger partial charge in [0.1, 0.15) is 5.82 Å². The molecule has 0 aliphatic heterocycles. The first-order valence-electron chi connectivity index (χ1n) is 17.5. The number of thioether (sulfide) groups is 1. The number of allylic oxidation sites excluding steroid dienone is 1. The molecule has 274 valence electrons. The Balaban J connectivity index is 0.000000459. The Labute approximate surface area is 305 Å². The van der Waals surface area contributed by atoms with Crippen LogP contribution in [0.2, 0.25) is 0 Å². The normalized spacial score (nSPS) is 14.4. The van der Waals surface area contributed by atoms with E-state index in [9.17, 15) is 18.4 Å². The first-order chi connectivity index (χ1) is 24.1. The highest BCUT2D eigenvalue weighted by Crippen LogP contribution is 2.36. The van der Waals surface area contributed by atoms with Crippen LogP contribution in [0.15, 0.2) is 66.5 Å². The molecule has 1 aliphatic rings. The maximum atomic E-state index is 13.5. The second-order valence-corrected chi connectivity index (χ2v) is 15.7. The lowest BCUT2D eigenvalue weighted by molar-refractivity contribution is -0.129. The van der Waals surface area contributed by atoms with E-state index >= 15 is 0 Å². The summed E-state index contributed by atoms with van der Waals surface area (Å²) in [5.74, 6) is -0.272. The Morgan fingerprint density at radius 3 is 1.88 bits per heavy atom. The molecule has 2 aromatic heterocycles. The van der Waals surface area contributed by atoms with Crippen molar-refractivity contribution in [3.8, 4) is 33.6 Å². The predicted octanol–water partition coefficient (Wildman–Crippen LogP) is 9.49. The zero-order chi connectivity index (χ0) is 37.3. The van der Waals surface area contributed by atoms with E-state index in [-0.39, 0.29) is 42.9 Å². The van der Waals surface area contributed by atoms with Crippen molar-refractivity contribution in [1.29, 1.82) is 0 Å². The third-order valence-corrected chi connectivity index (χ3v) is 9.20. The standard InChI is InChI=1S/C31H33F2N5OS.C9H19NO/c1-19(2)28(38-30(39)24-12-14-31(32,33)15-13-24)29-35-17-26(37-29)23-10-6-21(7-11-23)20-4-8-22(9-5-20)25-16-34-27(36-25)18-40-3;1-7(2)6-10-8(11)9(3,4)5/h4-11,16-17,24H,12-15,18H2,1-3H3,(H,34,36)(H,35,37)(H,38,39);7H,6H2,1-5H3,(H,10,11). The molecule has 0 radical (unpaired) electrons. The minimum atomic E-state index is -2.66. The van der Waals surface area contributed by atoms with Crippen LogP contribution < -0.4 is 10.6 Å². The molecule has 2 heterocycles. The molecule has 1 fully saturated rings. The Kier molecular flexibility index (Phi) is 13.4. The Hall–Kier alpha value is -4.25. The summed E-state index contributed by atoms with van der Waals surface area (Å²) in [6, 6.07) is 16.6. The van der Waals surface area contributed by atoms with Crippen molar-refractivity contribution in [3.05, 3.63) is 78.1 Å². The molecular formula is C40H52F2N6O2S. The van der Waals surface area contributed by atoms with Crippen molar-refractivity contribution >= 4 is 29.3 Å². The highest BCUT2D eigenvalue weighted by molar-refractivity contribution is 7.97. The number of alkyl halides is 2. The highest BCUT2D eigenvalue weighted by atomic mass is 32.2. The molecule has 1 aliphatic carbocycles. The summed E-state index contributed by atoms with van der Waals surface area (Å²) in [6.45, 7) is 14.5. The average Bonchev–Trinajstić information content (AvgIpc) is 3.77. The quantitative estimate of drug-likeness (QED) is 0.130. The van der Waals surface area contributed by atoms with Gasteiger partial charge in [-0.1, -0.05) is 83.1 Å². The Bertz CT molecular complexity index is 1770. The van der Waals surface area contributed by atoms with Gasteiger partial charge in [-0.15, -0.1) is 0 Å². The fourth-order valence-corrected chi connectivity index (χ4v) is 5.93. The zero-order valence-corrected chi connectivity index (χ0v) is 31.9. The van der Waals surface area contributed by atoms with Gasteiger partial charge in [0.05, 0.1) is 35.2 Å². The minimum Gasteiger partial charge on any atom is -0.355 e. The van der Waals surface area contributed by atoms with Crippen LogP contribution >= 0.6 is 11.8 Å². The number of halogens is 2. The van der Waals surface area contributed by atoms with E-state index in [1.807, 2.05) is 52.9 Å². The first-order valence-corrected chi connectivity index (χ1v) is 18.9. The van der Waals surface area contributed by atoms with E-state index in [0.717, 1.165) is 57.3 Å². The van der Waals surface area contributed by atoms with Crippen LogP contribution in [0.4, 0.5) is 8.78 Å². The van der Waals surface area contributed by atoms with Gasteiger partial charge < -0.3 is 20.6 Å². The van der Waals surface area contributed by atoms with Crippen molar-refractivity contribution in [2.45, 2.75) is 85.8 Å². The topological polar surface area (TPSA) is 116 Å². The Morgan fingerprint density at radius 1 is 0.882 bits per heavy atom. The summed E-state index contributed by atoms with van der Waals surface area (Å²) in [7, 11) is 0. The number of amides is 2. The molecule has 2 aromatic carbocycles. The molecule has 2 amide bonds. The fourth-order valence-electron chi connectivity index (χ4n) is 5.51. The third-order valence-electron chi connectivity index (χ3n) is 8.64. The van der Waals surface area contributed by atoms with Crippen molar-refractivity contribution in [2.24, 2.45) is 17.3 Å². The van der Waals surface area contributed by atoms with Gasteiger partial charge in [0, 0.05) is 30.7 Å². The van der Waals surface area contributed by atoms with Crippen molar-refractivity contribution < 1.29 is 18.4 Å². The van der Waals surface area contributed by atoms with Crippen LogP contribution in [0.5, 0.6) is 0 Å². The molecule has 1 saturated carbocycles. The SMILES string of the molecule is CC(C)CNC(=O)C(C)(C)C.CSCc1ncc(-c2ccc(-c3ccc(-c4cnc(C(NC(=O)C5CCC(F)(F)CC5)=C(C)C)[nH]4)cc3)cc2)[nH]1. The molecule has 4 aromatic rings. The molecule has 11 heteroatoms. The molecule has 0 unspecified atom stereocenters. The molecule has 0 spiro atoms. The number of benzene rings is 2. The second kappa shape index (κ2) is 17.3. The maximum absolute atomic E-state index is 13.5. The number of hydrogen-bond donors (Lipinski definition) is 4. The fraction of sp³-hybridized carbons (Fsp3) is 0.450. The number of nitrogens with one attached hydrogen (secondary N) is 4. The number of aromatic amines is 2. The lowest BCUT2D eigenvalue weighted by Gasteiger charge is -2.27. The van der Waals surface area contributed by atoms with Gasteiger partial charge >= 0.3 is 0 Å². The summed E-state index contributed by atoms with van der Waals surface area (Å²) in [5.41, 5.74) is 7.30. The van der Waals surface area contributed by atoms with Gasteiger partial charge in [0.2, 0.25) is 17.7 Å². The van der Waals surface area contributed by atoms with Crippen LogP contribution in [0, 0.1) is 17.3 Å². The van der Waals surface area contributed by atoms with Crippen molar-refractivity contribution in [1.82, 2.24) is 30.6 Å². The molecule has 5 rings (SSSR count). The molecule has 0 saturated heterocycles. The molecule has 4 N–H and O–H groups in total. The lowest BCUT2D eigenvalue weighted by atomic mass is 9.86. The Morgan fingerprint density at radius 2 is 1.39 bits per heavy atom. The van der Waals surface area contributed by atoms with E-state index in [4.69, 9.17) is 0 Å². The van der Waals surface area contributed by atoms with Crippen molar-refractivity contribution in [2.75, 3.05) is 12.8 Å². The largest absolute Gasteiger partial charge is 0.355 e. The molecule has 51 heavy (non-hydrogen) atoms. The maximum Gasteiger partial charge on any atom is 0.248 e. The third kappa shape index (κ3) is 11.4. The zero-order valence-electron chi connectivity index (χ0n) is 31.0. The highest BCUT2D eigenvalue weighted by Gasteiger charge is 2.37. The number of aromatic nitrogens is 4. The van der Waals surface area contributed by atoms with Crippen LogP contribution in [-0.2, 0) is 15.3 Å². The van der Waals surface area contributed by atoms with E-state index in [1.165, 1.54) is 0 Å². The lowest BCUT2D eigenvalue weighted by Crippen LogP contribution is -2.36. The van der Waals surface area contributed by atoms with Gasteiger partial charge in [-0.2, -0.15) is 11.8 Å². The summed E-state index contributed by atoms with van der Waals surface area (Å²) in [4.78, 5) is 39.7. The van der Waals surface area contributed by atoms with Crippen LogP contribution in [0.1, 0.15) is 85.8 Å². The summed E-state index contributed by atoms with van der Waals surface area (Å²) in [6.07, 6.45) is 5.56. The molecule has 0 bridgehead atoms. The van der Waals surface area contributed by atoms with Gasteiger partial charge in [-0.3, -0.25) is 9.59 Å². The number of carbonyl (C=O) groups excluding carboxylic acids is 2. The van der Waals surface area contributed by atoms with Crippen molar-refractivity contribution in [3.63, 3.8) is 0 Å². The number of imidazole rings is 2. The monoisotopic (exact) mass is 718 g/mol. The van der Waals surface area contributed by atoms with E-state index < -0.39 is 11.8 Å². The molecular weight excluding hydrogens is 667 g/mol. The predicted molar refractivity (Wildman–Crippen MR) is 205 cm³/mol. The second-order valence-electron chi connectivity index (χ2n) is 14.8. The molecule has 8 nitrogen and oxygen atoms in total. The van der Waals surface area contributed by atoms with Crippen LogP contribution in [0.25, 0.3) is 39.3 Å². The first kappa shape index (κ1) is 39.5. The van der Waals surface area contributed by atoms with Gasteiger partial charge in [-0.25, -0.2) is 18.7 Å². The summed E-state index contributed by atoms with van der Waals surface area (Å²) < 4.78 is 27.1. The van der Waals surface area contributed by atoms with Gasteiger partial charge in [0.25, 0.3) is 0 Å². The number of nitrogens with zero attached hydrogens (tertiary/aromatic N) is 2. The summed E-state index contributed by atoms with van der Waals surface area (Å²) in [5, 5.41) is 5.83. The number of rotatable bonds is 10. The minimum absolute atomic E-state index is 0.131. The summed E-state index contributed by atoms with van der Waals surface area (Å²) >= 11 is 1.73. The average molecular weight is 719 g/mol. The number of H-pyrrole nitrogens is 2. The smallest absolute Gasteiger partial charge is 0.248 e. The van der Waals surface area contributed by atoms with Crippen LogP contribution in [-0.4, -0.2) is 50.5 Å². The van der Waals surface area contributed by atoms with E-state index in [1.54, 1.807) is 18.0 Å².